The van der Waals surface area contributed by atoms with E-state index >= 15 is 0 Å². The highest BCUT2D eigenvalue weighted by atomic mass is 32.2. The molecule has 0 spiro atoms. The van der Waals surface area contributed by atoms with Crippen LogP contribution in [-0.4, -0.2) is 57.1 Å². The zero-order valence-electron chi connectivity index (χ0n) is 19.8. The van der Waals surface area contributed by atoms with E-state index < -0.39 is 16.1 Å². The molecule has 1 aromatic heterocycles. The molecule has 1 aliphatic heterocycles. The Morgan fingerprint density at radius 2 is 1.82 bits per heavy atom. The van der Waals surface area contributed by atoms with Gasteiger partial charge in [-0.3, -0.25) is 4.79 Å². The van der Waals surface area contributed by atoms with Crippen LogP contribution in [0, 0.1) is 0 Å². The molecule has 0 saturated carbocycles. The number of amides is 1. The molecule has 0 radical (unpaired) electrons. The highest BCUT2D eigenvalue weighted by Crippen LogP contribution is 2.27. The van der Waals surface area contributed by atoms with E-state index in [2.05, 4.69) is 5.32 Å². The molecule has 1 N–H and O–H groups in total. The molecule has 3 aromatic rings. The highest BCUT2D eigenvalue weighted by Gasteiger charge is 2.27. The Balaban J connectivity index is 1.44. The minimum Gasteiger partial charge on any atom is -0.497 e. The Hall–Kier alpha value is -3.04. The minimum absolute atomic E-state index is 0.117. The van der Waals surface area contributed by atoms with Crippen molar-refractivity contribution in [2.45, 2.75) is 37.1 Å². The normalized spacial score (nSPS) is 15.4. The molecule has 1 aliphatic rings. The van der Waals surface area contributed by atoms with Gasteiger partial charge in [0.15, 0.2) is 0 Å². The standard InChI is InChI=1S/C25H31N3O5S/c1-18(25(29)26-12-10-20-16-21(32-2)6-9-24(20)33-3)28-15-11-19-17-22(7-8-23(19)28)34(30,31)27-13-4-5-14-27/h6-9,11,15-18H,4-5,10,12-14H2,1-3H3,(H,26,29)/t18-/m0/s1. The predicted molar refractivity (Wildman–Crippen MR) is 131 cm³/mol. The summed E-state index contributed by atoms with van der Waals surface area (Å²) >= 11 is 0. The van der Waals surface area contributed by atoms with E-state index in [0.29, 0.717) is 31.0 Å². The molecule has 9 heteroatoms. The van der Waals surface area contributed by atoms with Gasteiger partial charge in [0, 0.05) is 36.7 Å². The summed E-state index contributed by atoms with van der Waals surface area (Å²) in [5.41, 5.74) is 1.77. The van der Waals surface area contributed by atoms with Crippen molar-refractivity contribution in [1.29, 1.82) is 0 Å². The zero-order valence-corrected chi connectivity index (χ0v) is 20.6. The smallest absolute Gasteiger partial charge is 0.243 e. The summed E-state index contributed by atoms with van der Waals surface area (Å²) in [6.45, 7) is 3.42. The van der Waals surface area contributed by atoms with Crippen LogP contribution < -0.4 is 14.8 Å². The maximum Gasteiger partial charge on any atom is 0.243 e. The number of ether oxygens (including phenoxy) is 2. The van der Waals surface area contributed by atoms with Gasteiger partial charge >= 0.3 is 0 Å². The summed E-state index contributed by atoms with van der Waals surface area (Å²) in [4.78, 5) is 13.2. The number of carbonyl (C=O) groups excluding carboxylic acids is 1. The number of hydrogen-bond acceptors (Lipinski definition) is 5. The van der Waals surface area contributed by atoms with Crippen LogP contribution in [0.15, 0.2) is 53.6 Å². The number of methoxy groups -OCH3 is 2. The van der Waals surface area contributed by atoms with Gasteiger partial charge in [-0.1, -0.05) is 0 Å². The predicted octanol–water partition coefficient (Wildman–Crippen LogP) is 3.36. The monoisotopic (exact) mass is 485 g/mol. The molecule has 182 valence electrons. The van der Waals surface area contributed by atoms with Crippen molar-refractivity contribution in [2.24, 2.45) is 0 Å². The van der Waals surface area contributed by atoms with Crippen LogP contribution >= 0.6 is 0 Å². The Morgan fingerprint density at radius 3 is 2.53 bits per heavy atom. The summed E-state index contributed by atoms with van der Waals surface area (Å²) in [5, 5.41) is 3.78. The van der Waals surface area contributed by atoms with Crippen molar-refractivity contribution >= 4 is 26.8 Å². The van der Waals surface area contributed by atoms with Crippen molar-refractivity contribution in [3.8, 4) is 11.5 Å². The molecule has 2 aromatic carbocycles. The number of sulfonamides is 1. The number of nitrogens with zero attached hydrogens (tertiary/aromatic N) is 2. The number of rotatable bonds is 9. The molecule has 0 bridgehead atoms. The lowest BCUT2D eigenvalue weighted by atomic mass is 10.1. The summed E-state index contributed by atoms with van der Waals surface area (Å²) in [5.74, 6) is 1.37. The summed E-state index contributed by atoms with van der Waals surface area (Å²) in [6.07, 6.45) is 4.22. The van der Waals surface area contributed by atoms with Crippen LogP contribution in [0.3, 0.4) is 0 Å². The highest BCUT2D eigenvalue weighted by molar-refractivity contribution is 7.89. The first kappa shape index (κ1) is 24.1. The van der Waals surface area contributed by atoms with Gasteiger partial charge in [-0.25, -0.2) is 8.42 Å². The maximum absolute atomic E-state index is 12.9. The number of fused-ring (bicyclic) bond motifs is 1. The molecule has 0 aliphatic carbocycles. The fraction of sp³-hybridized carbons (Fsp3) is 0.400. The third-order valence-corrected chi connectivity index (χ3v) is 8.27. The fourth-order valence-corrected chi connectivity index (χ4v) is 5.94. The van der Waals surface area contributed by atoms with Crippen molar-refractivity contribution in [2.75, 3.05) is 33.9 Å². The molecule has 8 nitrogen and oxygen atoms in total. The number of aromatic nitrogens is 1. The average Bonchev–Trinajstić information content (AvgIpc) is 3.53. The second-order valence-corrected chi connectivity index (χ2v) is 10.4. The van der Waals surface area contributed by atoms with Gasteiger partial charge in [0.05, 0.1) is 19.1 Å². The molecule has 1 saturated heterocycles. The number of carbonyl (C=O) groups is 1. The second-order valence-electron chi connectivity index (χ2n) is 8.45. The molecule has 34 heavy (non-hydrogen) atoms. The Kier molecular flexibility index (Phi) is 7.13. The summed E-state index contributed by atoms with van der Waals surface area (Å²) < 4.78 is 39.9. The summed E-state index contributed by atoms with van der Waals surface area (Å²) in [6, 6.07) is 12.1. The molecule has 1 fully saturated rings. The van der Waals surface area contributed by atoms with Crippen molar-refractivity contribution in [1.82, 2.24) is 14.2 Å². The van der Waals surface area contributed by atoms with Crippen LogP contribution in [0.25, 0.3) is 10.9 Å². The summed E-state index contributed by atoms with van der Waals surface area (Å²) in [7, 11) is -0.253. The number of nitrogens with one attached hydrogen (secondary N) is 1. The van der Waals surface area contributed by atoms with E-state index in [-0.39, 0.29) is 5.91 Å². The third-order valence-electron chi connectivity index (χ3n) is 6.37. The lowest BCUT2D eigenvalue weighted by Gasteiger charge is -2.17. The first-order chi connectivity index (χ1) is 16.3. The van der Waals surface area contributed by atoms with Crippen LogP contribution in [-0.2, 0) is 21.2 Å². The van der Waals surface area contributed by atoms with Gasteiger partial charge in [0.2, 0.25) is 15.9 Å². The van der Waals surface area contributed by atoms with E-state index in [1.165, 1.54) is 0 Å². The van der Waals surface area contributed by atoms with Crippen molar-refractivity contribution < 1.29 is 22.7 Å². The van der Waals surface area contributed by atoms with E-state index in [0.717, 1.165) is 40.8 Å². The topological polar surface area (TPSA) is 89.9 Å². The van der Waals surface area contributed by atoms with Gasteiger partial charge in [0.25, 0.3) is 0 Å². The number of benzene rings is 2. The van der Waals surface area contributed by atoms with Gasteiger partial charge in [-0.05, 0) is 74.2 Å². The van der Waals surface area contributed by atoms with Crippen LogP contribution in [0.4, 0.5) is 0 Å². The maximum atomic E-state index is 12.9. The molecule has 0 unspecified atom stereocenters. The van der Waals surface area contributed by atoms with Gasteiger partial charge in [-0.15, -0.1) is 0 Å². The quantitative estimate of drug-likeness (QED) is 0.502. The fourth-order valence-electron chi connectivity index (χ4n) is 4.39. The second kappa shape index (κ2) is 10.1. The lowest BCUT2D eigenvalue weighted by Crippen LogP contribution is -2.32. The molecular formula is C25H31N3O5S. The first-order valence-corrected chi connectivity index (χ1v) is 12.9. The SMILES string of the molecule is COc1ccc(OC)c(CCNC(=O)[C@H](C)n2ccc3cc(S(=O)(=O)N4CCCC4)ccc32)c1. The Labute approximate surface area is 200 Å². The Bertz CT molecular complexity index is 1280. The molecule has 4 rings (SSSR count). The van der Waals surface area contributed by atoms with E-state index in [9.17, 15) is 13.2 Å². The zero-order chi connectivity index (χ0) is 24.3. The minimum atomic E-state index is -3.48. The number of hydrogen-bond donors (Lipinski definition) is 1. The van der Waals surface area contributed by atoms with E-state index in [1.54, 1.807) is 36.7 Å². The van der Waals surface area contributed by atoms with Crippen LogP contribution in [0.2, 0.25) is 0 Å². The molecule has 1 atom stereocenters. The van der Waals surface area contributed by atoms with Gasteiger partial charge < -0.3 is 19.4 Å². The van der Waals surface area contributed by atoms with E-state index in [1.807, 2.05) is 42.0 Å². The largest absolute Gasteiger partial charge is 0.497 e. The van der Waals surface area contributed by atoms with Crippen molar-refractivity contribution in [3.05, 3.63) is 54.2 Å². The van der Waals surface area contributed by atoms with Gasteiger partial charge in [-0.2, -0.15) is 4.31 Å². The van der Waals surface area contributed by atoms with Crippen LogP contribution in [0.1, 0.15) is 31.4 Å². The molecule has 2 heterocycles. The Morgan fingerprint density at radius 1 is 1.06 bits per heavy atom. The molecular weight excluding hydrogens is 454 g/mol. The van der Waals surface area contributed by atoms with Crippen molar-refractivity contribution in [3.63, 3.8) is 0 Å². The molecule has 1 amide bonds. The average molecular weight is 486 g/mol. The third kappa shape index (κ3) is 4.76. The van der Waals surface area contributed by atoms with E-state index in [4.69, 9.17) is 9.47 Å². The van der Waals surface area contributed by atoms with Crippen LogP contribution in [0.5, 0.6) is 11.5 Å². The lowest BCUT2D eigenvalue weighted by molar-refractivity contribution is -0.123. The van der Waals surface area contributed by atoms with Gasteiger partial charge in [0.1, 0.15) is 17.5 Å². The first-order valence-electron chi connectivity index (χ1n) is 11.4.